The van der Waals surface area contributed by atoms with E-state index in [4.69, 9.17) is 0 Å². The van der Waals surface area contributed by atoms with Crippen LogP contribution in [0.5, 0.6) is 0 Å². The average Bonchev–Trinajstić information content (AvgIpc) is 2.24. The number of amides is 1. The van der Waals surface area contributed by atoms with E-state index in [0.717, 1.165) is 5.69 Å². The van der Waals surface area contributed by atoms with Crippen molar-refractivity contribution in [1.82, 2.24) is 5.32 Å². The molecular formula is C12H17FN2O. The van der Waals surface area contributed by atoms with Gasteiger partial charge in [-0.15, -0.1) is 0 Å². The van der Waals surface area contributed by atoms with E-state index in [1.165, 1.54) is 6.07 Å². The minimum absolute atomic E-state index is 0.0274. The second-order valence-corrected chi connectivity index (χ2v) is 3.84. The zero-order valence-corrected chi connectivity index (χ0v) is 9.80. The number of rotatable bonds is 4. The Morgan fingerprint density at radius 1 is 1.50 bits per heavy atom. The predicted octanol–water partition coefficient (Wildman–Crippen LogP) is 2.07. The Balaban J connectivity index is 2.66. The Hall–Kier alpha value is -1.58. The normalized spacial score (nSPS) is 12.0. The Morgan fingerprint density at radius 3 is 2.81 bits per heavy atom. The standard InChI is InChI=1S/C12H17FN2O/c1-8(7-12(16)14-3)15-11-6-4-5-10(13)9(11)2/h4-6,8,15H,7H2,1-3H3,(H,14,16). The highest BCUT2D eigenvalue weighted by Crippen LogP contribution is 2.18. The van der Waals surface area contributed by atoms with E-state index in [2.05, 4.69) is 10.6 Å². The summed E-state index contributed by atoms with van der Waals surface area (Å²) in [6, 6.07) is 4.85. The summed E-state index contributed by atoms with van der Waals surface area (Å²) in [5.41, 5.74) is 1.31. The molecule has 0 bridgehead atoms. The van der Waals surface area contributed by atoms with Gasteiger partial charge in [-0.05, 0) is 26.0 Å². The molecule has 1 aromatic rings. The van der Waals surface area contributed by atoms with E-state index in [1.54, 1.807) is 26.1 Å². The molecule has 0 heterocycles. The summed E-state index contributed by atoms with van der Waals surface area (Å²) in [6.07, 6.45) is 0.368. The SMILES string of the molecule is CNC(=O)CC(C)Nc1cccc(F)c1C. The fourth-order valence-corrected chi connectivity index (χ4v) is 1.46. The van der Waals surface area contributed by atoms with Gasteiger partial charge in [-0.2, -0.15) is 0 Å². The minimum atomic E-state index is -0.239. The van der Waals surface area contributed by atoms with Crippen LogP contribution in [0.15, 0.2) is 18.2 Å². The second kappa shape index (κ2) is 5.49. The van der Waals surface area contributed by atoms with Crippen molar-refractivity contribution in [3.8, 4) is 0 Å². The lowest BCUT2D eigenvalue weighted by Crippen LogP contribution is -2.27. The average molecular weight is 224 g/mol. The van der Waals surface area contributed by atoms with Crippen LogP contribution in [-0.4, -0.2) is 19.0 Å². The van der Waals surface area contributed by atoms with Crippen molar-refractivity contribution in [1.29, 1.82) is 0 Å². The molecule has 1 rings (SSSR count). The van der Waals surface area contributed by atoms with Gasteiger partial charge in [-0.3, -0.25) is 4.79 Å². The molecule has 1 atom stereocenters. The molecule has 1 unspecified atom stereocenters. The van der Waals surface area contributed by atoms with Gasteiger partial charge in [0.1, 0.15) is 5.82 Å². The van der Waals surface area contributed by atoms with E-state index >= 15 is 0 Å². The first-order chi connectivity index (χ1) is 7.54. The van der Waals surface area contributed by atoms with Crippen LogP contribution in [0.3, 0.4) is 0 Å². The highest BCUT2D eigenvalue weighted by atomic mass is 19.1. The molecule has 0 saturated carbocycles. The lowest BCUT2D eigenvalue weighted by atomic mass is 10.1. The number of hydrogen-bond donors (Lipinski definition) is 2. The van der Waals surface area contributed by atoms with Crippen molar-refractivity contribution in [3.63, 3.8) is 0 Å². The molecule has 0 aliphatic rings. The van der Waals surface area contributed by atoms with Crippen LogP contribution in [0.2, 0.25) is 0 Å². The highest BCUT2D eigenvalue weighted by Gasteiger charge is 2.09. The summed E-state index contributed by atoms with van der Waals surface area (Å²) in [4.78, 5) is 11.1. The predicted molar refractivity (Wildman–Crippen MR) is 62.9 cm³/mol. The minimum Gasteiger partial charge on any atom is -0.382 e. The van der Waals surface area contributed by atoms with Crippen molar-refractivity contribution in [2.45, 2.75) is 26.3 Å². The number of anilines is 1. The van der Waals surface area contributed by atoms with Crippen LogP contribution in [0, 0.1) is 12.7 Å². The summed E-state index contributed by atoms with van der Waals surface area (Å²) in [5, 5.41) is 5.67. The fourth-order valence-electron chi connectivity index (χ4n) is 1.46. The zero-order chi connectivity index (χ0) is 12.1. The second-order valence-electron chi connectivity index (χ2n) is 3.84. The van der Waals surface area contributed by atoms with Gasteiger partial charge in [-0.25, -0.2) is 4.39 Å². The first kappa shape index (κ1) is 12.5. The number of carbonyl (C=O) groups is 1. The van der Waals surface area contributed by atoms with Crippen molar-refractivity contribution in [2.75, 3.05) is 12.4 Å². The smallest absolute Gasteiger partial charge is 0.221 e. The van der Waals surface area contributed by atoms with Crippen LogP contribution >= 0.6 is 0 Å². The highest BCUT2D eigenvalue weighted by molar-refractivity contribution is 5.76. The summed E-state index contributed by atoms with van der Waals surface area (Å²) in [6.45, 7) is 3.60. The van der Waals surface area contributed by atoms with Gasteiger partial charge in [0.15, 0.2) is 0 Å². The van der Waals surface area contributed by atoms with Crippen molar-refractivity contribution in [3.05, 3.63) is 29.6 Å². The number of nitrogens with one attached hydrogen (secondary N) is 2. The molecule has 0 radical (unpaired) electrons. The third kappa shape index (κ3) is 3.22. The zero-order valence-electron chi connectivity index (χ0n) is 9.80. The van der Waals surface area contributed by atoms with Crippen LogP contribution < -0.4 is 10.6 Å². The van der Waals surface area contributed by atoms with Gasteiger partial charge in [-0.1, -0.05) is 6.07 Å². The molecule has 1 amide bonds. The van der Waals surface area contributed by atoms with Crippen molar-refractivity contribution < 1.29 is 9.18 Å². The Morgan fingerprint density at radius 2 is 2.19 bits per heavy atom. The van der Waals surface area contributed by atoms with Crippen LogP contribution in [0.25, 0.3) is 0 Å². The Kier molecular flexibility index (Phi) is 4.28. The maximum atomic E-state index is 13.2. The van der Waals surface area contributed by atoms with E-state index in [0.29, 0.717) is 12.0 Å². The summed E-state index contributed by atoms with van der Waals surface area (Å²) < 4.78 is 13.2. The van der Waals surface area contributed by atoms with E-state index in [-0.39, 0.29) is 17.8 Å². The number of carbonyl (C=O) groups excluding carboxylic acids is 1. The third-order valence-corrected chi connectivity index (χ3v) is 2.44. The van der Waals surface area contributed by atoms with Crippen molar-refractivity contribution >= 4 is 11.6 Å². The van der Waals surface area contributed by atoms with Gasteiger partial charge in [0.05, 0.1) is 0 Å². The molecule has 16 heavy (non-hydrogen) atoms. The maximum Gasteiger partial charge on any atom is 0.221 e. The first-order valence-corrected chi connectivity index (χ1v) is 5.26. The molecule has 1 aromatic carbocycles. The Bertz CT molecular complexity index is 379. The van der Waals surface area contributed by atoms with Gasteiger partial charge in [0.2, 0.25) is 5.91 Å². The van der Waals surface area contributed by atoms with Crippen LogP contribution in [-0.2, 0) is 4.79 Å². The molecule has 0 aliphatic carbocycles. The molecule has 0 aliphatic heterocycles. The molecule has 4 heteroatoms. The van der Waals surface area contributed by atoms with E-state index in [1.807, 2.05) is 6.92 Å². The Labute approximate surface area is 95.0 Å². The van der Waals surface area contributed by atoms with Gasteiger partial charge in [0, 0.05) is 30.8 Å². The number of benzene rings is 1. The van der Waals surface area contributed by atoms with E-state index in [9.17, 15) is 9.18 Å². The molecule has 0 fully saturated rings. The maximum absolute atomic E-state index is 13.2. The first-order valence-electron chi connectivity index (χ1n) is 5.26. The molecule has 3 nitrogen and oxygen atoms in total. The molecule has 0 saturated heterocycles. The quantitative estimate of drug-likeness (QED) is 0.822. The molecular weight excluding hydrogens is 207 g/mol. The van der Waals surface area contributed by atoms with Crippen LogP contribution in [0.4, 0.5) is 10.1 Å². The fraction of sp³-hybridized carbons (Fsp3) is 0.417. The van der Waals surface area contributed by atoms with Gasteiger partial charge in [0.25, 0.3) is 0 Å². The van der Waals surface area contributed by atoms with Gasteiger partial charge >= 0.3 is 0 Å². The summed E-state index contributed by atoms with van der Waals surface area (Å²) in [7, 11) is 1.60. The molecule has 0 spiro atoms. The molecule has 88 valence electrons. The van der Waals surface area contributed by atoms with Crippen molar-refractivity contribution in [2.24, 2.45) is 0 Å². The van der Waals surface area contributed by atoms with Crippen LogP contribution in [0.1, 0.15) is 18.9 Å². The number of hydrogen-bond acceptors (Lipinski definition) is 2. The lowest BCUT2D eigenvalue weighted by molar-refractivity contribution is -0.120. The summed E-state index contributed by atoms with van der Waals surface area (Å²) >= 11 is 0. The monoisotopic (exact) mass is 224 g/mol. The largest absolute Gasteiger partial charge is 0.382 e. The molecule has 2 N–H and O–H groups in total. The summed E-state index contributed by atoms with van der Waals surface area (Å²) in [5.74, 6) is -0.272. The third-order valence-electron chi connectivity index (χ3n) is 2.44. The molecule has 0 aromatic heterocycles. The van der Waals surface area contributed by atoms with E-state index < -0.39 is 0 Å². The lowest BCUT2D eigenvalue weighted by Gasteiger charge is -2.16. The number of halogens is 1. The topological polar surface area (TPSA) is 41.1 Å². The van der Waals surface area contributed by atoms with Gasteiger partial charge < -0.3 is 10.6 Å².